The smallest absolute Gasteiger partial charge is 0.233 e. The van der Waals surface area contributed by atoms with Crippen LogP contribution in [0.1, 0.15) is 19.8 Å². The largest absolute Gasteiger partial charge is 0.281 e. The van der Waals surface area contributed by atoms with E-state index in [1.807, 2.05) is 0 Å². The number of halogens is 1. The highest BCUT2D eigenvalue weighted by atomic mass is 35.5. The van der Waals surface area contributed by atoms with Gasteiger partial charge in [0.2, 0.25) is 11.8 Å². The molecule has 1 aliphatic carbocycles. The van der Waals surface area contributed by atoms with Crippen molar-refractivity contribution in [1.29, 1.82) is 0 Å². The summed E-state index contributed by atoms with van der Waals surface area (Å²) in [6, 6.07) is 0. The standard InChI is InChI=1S/C10H14ClNO2/c1-6-4-7-8(5-6)10(14)12(3-2-11)9(7)13/h6-8H,2-5H2,1H3. The van der Waals surface area contributed by atoms with Crippen LogP contribution < -0.4 is 0 Å². The molecule has 0 radical (unpaired) electrons. The fourth-order valence-electron chi connectivity index (χ4n) is 2.65. The number of alkyl halides is 1. The van der Waals surface area contributed by atoms with E-state index in [1.165, 1.54) is 4.90 Å². The lowest BCUT2D eigenvalue weighted by molar-refractivity contribution is -0.140. The van der Waals surface area contributed by atoms with E-state index in [2.05, 4.69) is 6.92 Å². The number of hydrogen-bond donors (Lipinski definition) is 0. The molecule has 2 aliphatic rings. The van der Waals surface area contributed by atoms with Crippen LogP contribution in [-0.2, 0) is 9.59 Å². The van der Waals surface area contributed by atoms with Gasteiger partial charge in [-0.25, -0.2) is 0 Å². The first-order valence-electron chi connectivity index (χ1n) is 5.06. The van der Waals surface area contributed by atoms with Crippen LogP contribution in [0.25, 0.3) is 0 Å². The first kappa shape index (κ1) is 9.97. The Balaban J connectivity index is 2.15. The van der Waals surface area contributed by atoms with Crippen LogP contribution in [0.4, 0.5) is 0 Å². The molecule has 0 spiro atoms. The van der Waals surface area contributed by atoms with Gasteiger partial charge >= 0.3 is 0 Å². The highest BCUT2D eigenvalue weighted by Gasteiger charge is 2.51. The number of rotatable bonds is 2. The summed E-state index contributed by atoms with van der Waals surface area (Å²) in [5, 5.41) is 0. The third-order valence-electron chi connectivity index (χ3n) is 3.27. The topological polar surface area (TPSA) is 37.4 Å². The summed E-state index contributed by atoms with van der Waals surface area (Å²) in [6.07, 6.45) is 1.74. The Hall–Kier alpha value is -0.570. The van der Waals surface area contributed by atoms with E-state index in [0.29, 0.717) is 18.3 Å². The summed E-state index contributed by atoms with van der Waals surface area (Å²) in [7, 11) is 0. The number of fused-ring (bicyclic) bond motifs is 1. The Morgan fingerprint density at radius 3 is 2.21 bits per heavy atom. The molecule has 0 bridgehead atoms. The Morgan fingerprint density at radius 1 is 1.29 bits per heavy atom. The van der Waals surface area contributed by atoms with Gasteiger partial charge in [-0.2, -0.15) is 0 Å². The summed E-state index contributed by atoms with van der Waals surface area (Å²) in [6.45, 7) is 2.48. The fraction of sp³-hybridized carbons (Fsp3) is 0.800. The zero-order valence-corrected chi connectivity index (χ0v) is 8.96. The van der Waals surface area contributed by atoms with Gasteiger partial charge in [-0.3, -0.25) is 14.5 Å². The first-order chi connectivity index (χ1) is 6.65. The molecule has 0 N–H and O–H groups in total. The highest BCUT2D eigenvalue weighted by Crippen LogP contribution is 2.42. The van der Waals surface area contributed by atoms with Crippen molar-refractivity contribution in [1.82, 2.24) is 4.90 Å². The molecule has 1 saturated carbocycles. The molecule has 2 fully saturated rings. The lowest BCUT2D eigenvalue weighted by Gasteiger charge is -2.14. The SMILES string of the molecule is CC1CC2C(=O)N(CCCl)C(=O)C2C1. The molecule has 1 aliphatic heterocycles. The van der Waals surface area contributed by atoms with Crippen molar-refractivity contribution in [2.75, 3.05) is 12.4 Å². The molecule has 0 aromatic heterocycles. The van der Waals surface area contributed by atoms with Crippen LogP contribution in [0.2, 0.25) is 0 Å². The Morgan fingerprint density at radius 2 is 1.79 bits per heavy atom. The highest BCUT2D eigenvalue weighted by molar-refractivity contribution is 6.18. The van der Waals surface area contributed by atoms with E-state index in [9.17, 15) is 9.59 Å². The summed E-state index contributed by atoms with van der Waals surface area (Å²) in [5.74, 6) is 0.777. The van der Waals surface area contributed by atoms with E-state index in [0.717, 1.165) is 12.8 Å². The monoisotopic (exact) mass is 215 g/mol. The molecule has 1 saturated heterocycles. The second-order valence-corrected chi connectivity index (χ2v) is 4.68. The van der Waals surface area contributed by atoms with Crippen molar-refractivity contribution < 1.29 is 9.59 Å². The molecule has 0 aromatic carbocycles. The number of carbonyl (C=O) groups is 2. The molecular weight excluding hydrogens is 202 g/mol. The minimum absolute atomic E-state index is 0.00463. The maximum atomic E-state index is 11.8. The van der Waals surface area contributed by atoms with Gasteiger partial charge in [-0.1, -0.05) is 6.92 Å². The normalized spacial score (nSPS) is 36.7. The van der Waals surface area contributed by atoms with Gasteiger partial charge < -0.3 is 0 Å². The van der Waals surface area contributed by atoms with E-state index in [1.54, 1.807) is 0 Å². The molecule has 3 nitrogen and oxygen atoms in total. The van der Waals surface area contributed by atoms with Crippen LogP contribution in [-0.4, -0.2) is 29.1 Å². The molecule has 2 unspecified atom stereocenters. The summed E-state index contributed by atoms with van der Waals surface area (Å²) >= 11 is 5.55. The quantitative estimate of drug-likeness (QED) is 0.514. The van der Waals surface area contributed by atoms with E-state index in [4.69, 9.17) is 11.6 Å². The third-order valence-corrected chi connectivity index (χ3v) is 3.44. The number of imide groups is 1. The van der Waals surface area contributed by atoms with Crippen LogP contribution in [0, 0.1) is 17.8 Å². The summed E-state index contributed by atoms with van der Waals surface area (Å²) < 4.78 is 0. The molecule has 2 atom stereocenters. The average molecular weight is 216 g/mol. The molecular formula is C10H14ClNO2. The zero-order valence-electron chi connectivity index (χ0n) is 8.20. The molecule has 4 heteroatoms. The van der Waals surface area contributed by atoms with Gasteiger partial charge in [0.05, 0.1) is 11.8 Å². The summed E-state index contributed by atoms with van der Waals surface area (Å²) in [4.78, 5) is 24.9. The van der Waals surface area contributed by atoms with Crippen molar-refractivity contribution in [2.24, 2.45) is 17.8 Å². The Kier molecular flexibility index (Phi) is 2.52. The number of nitrogens with zero attached hydrogens (tertiary/aromatic N) is 1. The van der Waals surface area contributed by atoms with Gasteiger partial charge in [0.15, 0.2) is 0 Å². The number of amides is 2. The van der Waals surface area contributed by atoms with Gasteiger partial charge in [0.25, 0.3) is 0 Å². The fourth-order valence-corrected chi connectivity index (χ4v) is 2.82. The second-order valence-electron chi connectivity index (χ2n) is 4.31. The van der Waals surface area contributed by atoms with E-state index >= 15 is 0 Å². The molecule has 1 heterocycles. The van der Waals surface area contributed by atoms with Gasteiger partial charge in [-0.05, 0) is 18.8 Å². The van der Waals surface area contributed by atoms with Crippen molar-refractivity contribution in [3.05, 3.63) is 0 Å². The van der Waals surface area contributed by atoms with Crippen LogP contribution in [0.5, 0.6) is 0 Å². The molecule has 2 amide bonds. The zero-order chi connectivity index (χ0) is 10.3. The van der Waals surface area contributed by atoms with Crippen molar-refractivity contribution in [2.45, 2.75) is 19.8 Å². The molecule has 2 rings (SSSR count). The minimum Gasteiger partial charge on any atom is -0.281 e. The summed E-state index contributed by atoms with van der Waals surface area (Å²) in [5.41, 5.74) is 0. The second kappa shape index (κ2) is 3.54. The molecule has 78 valence electrons. The first-order valence-corrected chi connectivity index (χ1v) is 5.59. The Labute approximate surface area is 88.4 Å². The van der Waals surface area contributed by atoms with Crippen molar-refractivity contribution >= 4 is 23.4 Å². The lowest BCUT2D eigenvalue weighted by atomic mass is 10.00. The minimum atomic E-state index is -0.0410. The predicted molar refractivity (Wildman–Crippen MR) is 52.8 cm³/mol. The number of carbonyl (C=O) groups excluding carboxylic acids is 2. The molecule has 14 heavy (non-hydrogen) atoms. The maximum absolute atomic E-state index is 11.8. The third kappa shape index (κ3) is 1.34. The van der Waals surface area contributed by atoms with E-state index < -0.39 is 0 Å². The number of hydrogen-bond acceptors (Lipinski definition) is 2. The van der Waals surface area contributed by atoms with E-state index in [-0.39, 0.29) is 23.7 Å². The lowest BCUT2D eigenvalue weighted by Crippen LogP contribution is -2.33. The van der Waals surface area contributed by atoms with Gasteiger partial charge in [-0.15, -0.1) is 11.6 Å². The van der Waals surface area contributed by atoms with Gasteiger partial charge in [0.1, 0.15) is 0 Å². The van der Waals surface area contributed by atoms with Crippen LogP contribution in [0.3, 0.4) is 0 Å². The maximum Gasteiger partial charge on any atom is 0.233 e. The molecule has 0 aromatic rings. The Bertz CT molecular complexity index is 255. The van der Waals surface area contributed by atoms with Crippen LogP contribution in [0.15, 0.2) is 0 Å². The van der Waals surface area contributed by atoms with Gasteiger partial charge in [0, 0.05) is 12.4 Å². The number of likely N-dealkylation sites (tertiary alicyclic amines) is 1. The predicted octanol–water partition coefficient (Wildman–Crippen LogP) is 1.26. The van der Waals surface area contributed by atoms with Crippen LogP contribution >= 0.6 is 11.6 Å². The van der Waals surface area contributed by atoms with Crippen molar-refractivity contribution in [3.63, 3.8) is 0 Å². The van der Waals surface area contributed by atoms with Crippen molar-refractivity contribution in [3.8, 4) is 0 Å². The average Bonchev–Trinajstić information content (AvgIpc) is 2.61.